The number of alkyl halides is 3. The lowest BCUT2D eigenvalue weighted by molar-refractivity contribution is -0.137. The summed E-state index contributed by atoms with van der Waals surface area (Å²) in [5.41, 5.74) is 0.980. The van der Waals surface area contributed by atoms with Crippen LogP contribution in [0.1, 0.15) is 36.5 Å². The molecule has 0 radical (unpaired) electrons. The quantitative estimate of drug-likeness (QED) is 0.606. The first-order valence-corrected chi connectivity index (χ1v) is 10.9. The van der Waals surface area contributed by atoms with Gasteiger partial charge in [0.05, 0.1) is 12.7 Å². The standard InChI is InChI=1S/C25H29F3N2O3/c1-3-5-18-8-9-22(23(15-18)32-2)33-17-24(31)29-21-10-12-30(13-11-21)16-19-6-4-7-20(14-19)25(26,27)28/h3-9,14-15,21H,10-13,16-17H2,1-2H3,(H,29,31)/b5-3+. The molecule has 1 N–H and O–H groups in total. The summed E-state index contributed by atoms with van der Waals surface area (Å²) in [4.78, 5) is 14.5. The van der Waals surface area contributed by atoms with Crippen molar-refractivity contribution in [2.24, 2.45) is 0 Å². The van der Waals surface area contributed by atoms with Gasteiger partial charge in [-0.2, -0.15) is 13.2 Å². The minimum Gasteiger partial charge on any atom is -0.493 e. The smallest absolute Gasteiger partial charge is 0.416 e. The van der Waals surface area contributed by atoms with E-state index in [4.69, 9.17) is 9.47 Å². The number of methoxy groups -OCH3 is 1. The van der Waals surface area contributed by atoms with Crippen LogP contribution in [0.5, 0.6) is 11.5 Å². The lowest BCUT2D eigenvalue weighted by Crippen LogP contribution is -2.45. The van der Waals surface area contributed by atoms with Crippen molar-refractivity contribution in [3.05, 3.63) is 65.2 Å². The maximum atomic E-state index is 12.9. The lowest BCUT2D eigenvalue weighted by Gasteiger charge is -2.32. The zero-order valence-corrected chi connectivity index (χ0v) is 18.8. The number of rotatable bonds is 8. The molecule has 2 aromatic rings. The molecule has 178 valence electrons. The van der Waals surface area contributed by atoms with Gasteiger partial charge in [-0.15, -0.1) is 0 Å². The number of nitrogens with one attached hydrogen (secondary N) is 1. The average Bonchev–Trinajstić information content (AvgIpc) is 2.79. The summed E-state index contributed by atoms with van der Waals surface area (Å²) in [7, 11) is 1.55. The molecule has 0 saturated carbocycles. The molecular weight excluding hydrogens is 433 g/mol. The second-order valence-corrected chi connectivity index (χ2v) is 8.02. The van der Waals surface area contributed by atoms with Crippen LogP contribution in [-0.2, 0) is 17.5 Å². The summed E-state index contributed by atoms with van der Waals surface area (Å²) in [6.45, 7) is 3.65. The van der Waals surface area contributed by atoms with Gasteiger partial charge in [0.25, 0.3) is 5.91 Å². The Kier molecular flexibility index (Phi) is 8.38. The molecule has 2 aromatic carbocycles. The molecule has 1 fully saturated rings. The Hall–Kier alpha value is -3.00. The minimum atomic E-state index is -4.34. The molecule has 1 saturated heterocycles. The van der Waals surface area contributed by atoms with Gasteiger partial charge in [-0.25, -0.2) is 0 Å². The van der Waals surface area contributed by atoms with Crippen molar-refractivity contribution in [2.45, 2.75) is 38.5 Å². The van der Waals surface area contributed by atoms with E-state index < -0.39 is 11.7 Å². The number of carbonyl (C=O) groups is 1. The molecule has 33 heavy (non-hydrogen) atoms. The number of benzene rings is 2. The number of ether oxygens (including phenoxy) is 2. The number of halogens is 3. The molecule has 0 atom stereocenters. The molecule has 0 bridgehead atoms. The van der Waals surface area contributed by atoms with Crippen LogP contribution >= 0.6 is 0 Å². The van der Waals surface area contributed by atoms with Crippen molar-refractivity contribution in [3.63, 3.8) is 0 Å². The summed E-state index contributed by atoms with van der Waals surface area (Å²) >= 11 is 0. The van der Waals surface area contributed by atoms with Crippen molar-refractivity contribution in [1.29, 1.82) is 0 Å². The van der Waals surface area contributed by atoms with E-state index in [0.29, 0.717) is 36.7 Å². The van der Waals surface area contributed by atoms with Gasteiger partial charge in [0.2, 0.25) is 0 Å². The highest BCUT2D eigenvalue weighted by atomic mass is 19.4. The zero-order chi connectivity index (χ0) is 23.8. The second kappa shape index (κ2) is 11.2. The third-order valence-electron chi connectivity index (χ3n) is 5.52. The van der Waals surface area contributed by atoms with E-state index in [1.165, 1.54) is 12.1 Å². The molecule has 3 rings (SSSR count). The van der Waals surface area contributed by atoms with Gasteiger partial charge in [0.15, 0.2) is 18.1 Å². The Morgan fingerprint density at radius 2 is 1.91 bits per heavy atom. The molecule has 5 nitrogen and oxygen atoms in total. The third kappa shape index (κ3) is 7.25. The van der Waals surface area contributed by atoms with E-state index >= 15 is 0 Å². The monoisotopic (exact) mass is 462 g/mol. The van der Waals surface area contributed by atoms with Crippen molar-refractivity contribution < 1.29 is 27.4 Å². The van der Waals surface area contributed by atoms with Crippen molar-refractivity contribution in [1.82, 2.24) is 10.2 Å². The molecule has 8 heteroatoms. The molecular formula is C25H29F3N2O3. The van der Waals surface area contributed by atoms with E-state index in [0.717, 1.165) is 24.5 Å². The van der Waals surface area contributed by atoms with Crippen LogP contribution in [0.4, 0.5) is 13.2 Å². The highest BCUT2D eigenvalue weighted by molar-refractivity contribution is 5.78. The van der Waals surface area contributed by atoms with Gasteiger partial charge in [-0.3, -0.25) is 9.69 Å². The van der Waals surface area contributed by atoms with Gasteiger partial charge in [-0.05, 0) is 49.1 Å². The Bertz CT molecular complexity index is 968. The van der Waals surface area contributed by atoms with Crippen LogP contribution < -0.4 is 14.8 Å². The summed E-state index contributed by atoms with van der Waals surface area (Å²) in [5, 5.41) is 2.98. The number of hydrogen-bond acceptors (Lipinski definition) is 4. The number of carbonyl (C=O) groups excluding carboxylic acids is 1. The SMILES string of the molecule is C/C=C/c1ccc(OCC(=O)NC2CCN(Cc3cccc(C(F)(F)F)c3)CC2)c(OC)c1. The molecule has 1 heterocycles. The summed E-state index contributed by atoms with van der Waals surface area (Å²) in [6.07, 6.45) is 0.984. The van der Waals surface area contributed by atoms with Gasteiger partial charge < -0.3 is 14.8 Å². The predicted molar refractivity (Wildman–Crippen MR) is 121 cm³/mol. The van der Waals surface area contributed by atoms with Gasteiger partial charge in [0.1, 0.15) is 0 Å². The van der Waals surface area contributed by atoms with Gasteiger partial charge in [0, 0.05) is 25.7 Å². The van der Waals surface area contributed by atoms with E-state index in [-0.39, 0.29) is 18.6 Å². The van der Waals surface area contributed by atoms with Crippen LogP contribution in [0.3, 0.4) is 0 Å². The number of likely N-dealkylation sites (tertiary alicyclic amines) is 1. The van der Waals surface area contributed by atoms with Crippen LogP contribution in [0.25, 0.3) is 6.08 Å². The van der Waals surface area contributed by atoms with Crippen LogP contribution in [0.15, 0.2) is 48.5 Å². The molecule has 0 unspecified atom stereocenters. The van der Waals surface area contributed by atoms with Crippen molar-refractivity contribution in [3.8, 4) is 11.5 Å². The molecule has 0 spiro atoms. The summed E-state index contributed by atoms with van der Waals surface area (Å²) in [6, 6.07) is 10.9. The Morgan fingerprint density at radius 1 is 1.15 bits per heavy atom. The van der Waals surface area contributed by atoms with E-state index in [1.807, 2.05) is 31.2 Å². The maximum absolute atomic E-state index is 12.9. The Labute approximate surface area is 192 Å². The molecule has 1 aliphatic heterocycles. The number of allylic oxidation sites excluding steroid dienone is 1. The highest BCUT2D eigenvalue weighted by Gasteiger charge is 2.30. The first-order valence-electron chi connectivity index (χ1n) is 10.9. The van der Waals surface area contributed by atoms with E-state index in [2.05, 4.69) is 10.2 Å². The molecule has 0 aromatic heterocycles. The average molecular weight is 463 g/mol. The topological polar surface area (TPSA) is 50.8 Å². The summed E-state index contributed by atoms with van der Waals surface area (Å²) < 4.78 is 49.7. The fourth-order valence-electron chi connectivity index (χ4n) is 3.85. The third-order valence-corrected chi connectivity index (χ3v) is 5.52. The normalized spacial score (nSPS) is 15.5. The van der Waals surface area contributed by atoms with Gasteiger partial charge >= 0.3 is 6.18 Å². The van der Waals surface area contributed by atoms with Crippen molar-refractivity contribution in [2.75, 3.05) is 26.8 Å². The number of piperidine rings is 1. The molecule has 0 aliphatic carbocycles. The van der Waals surface area contributed by atoms with Crippen LogP contribution in [0, 0.1) is 0 Å². The minimum absolute atomic E-state index is 0.0119. The van der Waals surface area contributed by atoms with E-state index in [1.54, 1.807) is 19.2 Å². The van der Waals surface area contributed by atoms with Crippen LogP contribution in [-0.4, -0.2) is 43.7 Å². The fourth-order valence-corrected chi connectivity index (χ4v) is 3.85. The lowest BCUT2D eigenvalue weighted by atomic mass is 10.0. The number of hydrogen-bond donors (Lipinski definition) is 1. The second-order valence-electron chi connectivity index (χ2n) is 8.02. The summed E-state index contributed by atoms with van der Waals surface area (Å²) in [5.74, 6) is 0.837. The Balaban J connectivity index is 1.44. The first-order chi connectivity index (χ1) is 15.8. The molecule has 1 amide bonds. The Morgan fingerprint density at radius 3 is 2.58 bits per heavy atom. The fraction of sp³-hybridized carbons (Fsp3) is 0.400. The number of nitrogens with zero attached hydrogens (tertiary/aromatic N) is 1. The molecule has 1 aliphatic rings. The van der Waals surface area contributed by atoms with Crippen molar-refractivity contribution >= 4 is 12.0 Å². The van der Waals surface area contributed by atoms with E-state index in [9.17, 15) is 18.0 Å². The van der Waals surface area contributed by atoms with Crippen LogP contribution in [0.2, 0.25) is 0 Å². The predicted octanol–water partition coefficient (Wildman–Crippen LogP) is 4.91. The van der Waals surface area contributed by atoms with Gasteiger partial charge in [-0.1, -0.05) is 36.4 Å². The largest absolute Gasteiger partial charge is 0.493 e. The first kappa shape index (κ1) is 24.6. The highest BCUT2D eigenvalue weighted by Crippen LogP contribution is 2.30. The zero-order valence-electron chi connectivity index (χ0n) is 18.8. The maximum Gasteiger partial charge on any atom is 0.416 e. The number of amides is 1.